The van der Waals surface area contributed by atoms with Crippen LogP contribution in [-0.2, 0) is 13.0 Å². The molecule has 0 radical (unpaired) electrons. The lowest BCUT2D eigenvalue weighted by Gasteiger charge is -2.36. The van der Waals surface area contributed by atoms with Crippen LogP contribution in [0.4, 0.5) is 0 Å². The smallest absolute Gasteiger partial charge is 0.231 e. The van der Waals surface area contributed by atoms with E-state index in [9.17, 15) is 0 Å². The molecule has 0 saturated carbocycles. The minimum absolute atomic E-state index is 0.310. The van der Waals surface area contributed by atoms with Crippen LogP contribution in [-0.4, -0.2) is 25.0 Å². The third kappa shape index (κ3) is 1.64. The van der Waals surface area contributed by atoms with Crippen LogP contribution in [0.25, 0.3) is 11.8 Å². The first-order valence-electron chi connectivity index (χ1n) is 8.17. The number of ether oxygens (including phenoxy) is 4. The molecule has 0 bridgehead atoms. The molecule has 4 heterocycles. The highest BCUT2D eigenvalue weighted by Gasteiger charge is 2.29. The number of hydrogen-bond donors (Lipinski definition) is 0. The average molecular weight is 321 g/mol. The Balaban J connectivity index is 1.52. The van der Waals surface area contributed by atoms with Crippen molar-refractivity contribution in [3.63, 3.8) is 0 Å². The van der Waals surface area contributed by atoms with Gasteiger partial charge in [0.1, 0.15) is 0 Å². The number of benzene rings is 2. The maximum atomic E-state index is 5.57. The van der Waals surface area contributed by atoms with Gasteiger partial charge in [0.2, 0.25) is 13.6 Å². The lowest BCUT2D eigenvalue weighted by Crippen LogP contribution is -2.31. The van der Waals surface area contributed by atoms with Crippen molar-refractivity contribution < 1.29 is 18.9 Å². The Kier molecular flexibility index (Phi) is 2.30. The number of hydrogen-bond acceptors (Lipinski definition) is 5. The maximum Gasteiger partial charge on any atom is 0.231 e. The predicted octanol–water partition coefficient (Wildman–Crippen LogP) is 3.01. The zero-order chi connectivity index (χ0) is 15.7. The van der Waals surface area contributed by atoms with Crippen molar-refractivity contribution in [2.24, 2.45) is 0 Å². The summed E-state index contributed by atoms with van der Waals surface area (Å²) in [5, 5.41) is 0. The van der Waals surface area contributed by atoms with E-state index in [1.54, 1.807) is 0 Å². The van der Waals surface area contributed by atoms with E-state index in [2.05, 4.69) is 35.2 Å². The first kappa shape index (κ1) is 12.6. The highest BCUT2D eigenvalue weighted by molar-refractivity contribution is 5.86. The summed E-state index contributed by atoms with van der Waals surface area (Å²) in [5.74, 6) is 3.39. The molecule has 2 aromatic carbocycles. The molecule has 0 aromatic heterocycles. The quantitative estimate of drug-likeness (QED) is 0.746. The Hall–Kier alpha value is -2.82. The maximum absolute atomic E-state index is 5.57. The minimum atomic E-state index is 0.310. The topological polar surface area (TPSA) is 40.2 Å². The second-order valence-corrected chi connectivity index (χ2v) is 6.47. The average Bonchev–Trinajstić information content (AvgIpc) is 3.24. The lowest BCUT2D eigenvalue weighted by molar-refractivity contribution is 0.173. The van der Waals surface area contributed by atoms with Crippen molar-refractivity contribution in [1.29, 1.82) is 0 Å². The van der Waals surface area contributed by atoms with E-state index in [0.717, 1.165) is 42.5 Å². The first-order valence-corrected chi connectivity index (χ1v) is 8.17. The van der Waals surface area contributed by atoms with Crippen LogP contribution in [0.1, 0.15) is 22.3 Å². The molecule has 5 nitrogen and oxygen atoms in total. The van der Waals surface area contributed by atoms with Gasteiger partial charge >= 0.3 is 0 Å². The highest BCUT2D eigenvalue weighted by atomic mass is 16.7. The van der Waals surface area contributed by atoms with Gasteiger partial charge in [-0.3, -0.25) is 0 Å². The van der Waals surface area contributed by atoms with Crippen LogP contribution in [0, 0.1) is 0 Å². The molecule has 2 aromatic rings. The van der Waals surface area contributed by atoms with Crippen LogP contribution < -0.4 is 18.9 Å². The van der Waals surface area contributed by atoms with Crippen molar-refractivity contribution >= 4 is 11.8 Å². The Bertz CT molecular complexity index is 918. The van der Waals surface area contributed by atoms with Gasteiger partial charge in [-0.1, -0.05) is 0 Å². The van der Waals surface area contributed by atoms with Gasteiger partial charge in [0, 0.05) is 24.4 Å². The molecule has 4 aliphatic rings. The second-order valence-electron chi connectivity index (χ2n) is 6.47. The minimum Gasteiger partial charge on any atom is -0.454 e. The van der Waals surface area contributed by atoms with Gasteiger partial charge in [-0.15, -0.1) is 0 Å². The van der Waals surface area contributed by atoms with Gasteiger partial charge < -0.3 is 23.8 Å². The van der Waals surface area contributed by atoms with Gasteiger partial charge in [-0.05, 0) is 53.5 Å². The summed E-state index contributed by atoms with van der Waals surface area (Å²) in [4.78, 5) is 2.43. The molecular formula is C19H15NO4. The fourth-order valence-corrected chi connectivity index (χ4v) is 3.93. The molecule has 5 heteroatoms. The molecule has 0 spiro atoms. The number of fused-ring (bicyclic) bond motifs is 6. The lowest BCUT2D eigenvalue weighted by atomic mass is 9.90. The van der Waals surface area contributed by atoms with E-state index in [1.165, 1.54) is 28.0 Å². The predicted molar refractivity (Wildman–Crippen MR) is 87.1 cm³/mol. The molecule has 0 unspecified atom stereocenters. The molecule has 6 rings (SSSR count). The van der Waals surface area contributed by atoms with E-state index < -0.39 is 0 Å². The summed E-state index contributed by atoms with van der Waals surface area (Å²) in [5.41, 5.74) is 6.31. The molecule has 0 amide bonds. The summed E-state index contributed by atoms with van der Waals surface area (Å²) >= 11 is 0. The molecule has 24 heavy (non-hydrogen) atoms. The summed E-state index contributed by atoms with van der Waals surface area (Å²) in [7, 11) is 0. The van der Waals surface area contributed by atoms with Crippen molar-refractivity contribution in [1.82, 2.24) is 4.90 Å². The molecule has 0 aliphatic carbocycles. The van der Waals surface area contributed by atoms with Crippen LogP contribution in [0.15, 0.2) is 24.3 Å². The number of rotatable bonds is 0. The van der Waals surface area contributed by atoms with E-state index in [4.69, 9.17) is 18.9 Å². The van der Waals surface area contributed by atoms with Crippen molar-refractivity contribution in [3.8, 4) is 23.0 Å². The van der Waals surface area contributed by atoms with Crippen LogP contribution in [0.5, 0.6) is 23.0 Å². The molecule has 0 N–H and O–H groups in total. The van der Waals surface area contributed by atoms with Crippen molar-refractivity contribution in [2.75, 3.05) is 20.1 Å². The summed E-state index contributed by atoms with van der Waals surface area (Å²) in [6, 6.07) is 8.45. The van der Waals surface area contributed by atoms with Crippen LogP contribution in [0.2, 0.25) is 0 Å². The Morgan fingerprint density at radius 2 is 1.42 bits per heavy atom. The molecule has 0 fully saturated rings. The second kappa shape index (κ2) is 4.38. The third-order valence-electron chi connectivity index (χ3n) is 5.15. The molecule has 120 valence electrons. The van der Waals surface area contributed by atoms with Crippen LogP contribution >= 0.6 is 0 Å². The summed E-state index contributed by atoms with van der Waals surface area (Å²) in [6.07, 6.45) is 3.27. The normalized spacial score (nSPS) is 18.7. The van der Waals surface area contributed by atoms with E-state index in [1.807, 2.05) is 0 Å². The monoisotopic (exact) mass is 321 g/mol. The van der Waals surface area contributed by atoms with Crippen molar-refractivity contribution in [2.45, 2.75) is 13.0 Å². The summed E-state index contributed by atoms with van der Waals surface area (Å²) < 4.78 is 22.1. The number of nitrogens with zero attached hydrogens (tertiary/aromatic N) is 1. The fraction of sp³-hybridized carbons (Fsp3) is 0.263. The van der Waals surface area contributed by atoms with Gasteiger partial charge in [-0.2, -0.15) is 0 Å². The zero-order valence-electron chi connectivity index (χ0n) is 13.0. The van der Waals surface area contributed by atoms with Gasteiger partial charge in [0.05, 0.1) is 0 Å². The van der Waals surface area contributed by atoms with Crippen molar-refractivity contribution in [3.05, 3.63) is 46.5 Å². The Morgan fingerprint density at radius 3 is 2.21 bits per heavy atom. The third-order valence-corrected chi connectivity index (χ3v) is 5.15. The van der Waals surface area contributed by atoms with E-state index >= 15 is 0 Å². The standard InChI is InChI=1S/C19H15NO4/c1-2-20-8-13-6-18-17(22-9-23-18)5-12(13)3-15(20)14-7-19-16(4-11(1)14)21-10-24-19/h3-7H,1-2,8-10H2. The zero-order valence-corrected chi connectivity index (χ0v) is 13.0. The molecule has 4 aliphatic heterocycles. The van der Waals surface area contributed by atoms with Gasteiger partial charge in [0.25, 0.3) is 0 Å². The molecule has 0 atom stereocenters. The SMILES string of the molecule is C1=C2c3cc4c(cc3CCN2Cc2cc3c(cc21)OCO3)OCO4. The van der Waals surface area contributed by atoms with Crippen LogP contribution in [0.3, 0.4) is 0 Å². The largest absolute Gasteiger partial charge is 0.454 e. The van der Waals surface area contributed by atoms with E-state index in [0.29, 0.717) is 13.6 Å². The fourth-order valence-electron chi connectivity index (χ4n) is 3.93. The van der Waals surface area contributed by atoms with E-state index in [-0.39, 0.29) is 0 Å². The van der Waals surface area contributed by atoms with Gasteiger partial charge in [-0.25, -0.2) is 0 Å². The molecule has 0 saturated heterocycles. The van der Waals surface area contributed by atoms with Gasteiger partial charge in [0.15, 0.2) is 23.0 Å². The Labute approximate surface area is 139 Å². The first-order chi connectivity index (χ1) is 11.8. The Morgan fingerprint density at radius 1 is 0.750 bits per heavy atom. The highest BCUT2D eigenvalue weighted by Crippen LogP contribution is 2.44. The molecular weight excluding hydrogens is 306 g/mol. The summed E-state index contributed by atoms with van der Waals surface area (Å²) in [6.45, 7) is 2.52.